The molecule has 2 aromatic heterocycles. The van der Waals surface area contributed by atoms with E-state index in [2.05, 4.69) is 187 Å². The lowest BCUT2D eigenvalue weighted by molar-refractivity contribution is 0.669. The van der Waals surface area contributed by atoms with Crippen LogP contribution in [0.5, 0.6) is 0 Å². The maximum Gasteiger partial charge on any atom is 0.162 e. The fourth-order valence-electron chi connectivity index (χ4n) is 9.40. The Morgan fingerprint density at radius 1 is 0.582 bits per heavy atom. The van der Waals surface area contributed by atoms with Gasteiger partial charge in [-0.05, 0) is 81.3 Å². The lowest BCUT2D eigenvalue weighted by Gasteiger charge is -2.37. The van der Waals surface area contributed by atoms with E-state index >= 15 is 0 Å². The van der Waals surface area contributed by atoms with Gasteiger partial charge in [-0.15, -0.1) is 0 Å². The number of nitrogens with zero attached hydrogens (tertiary/aromatic N) is 2. The van der Waals surface area contributed by atoms with Gasteiger partial charge in [0.25, 0.3) is 0 Å². The van der Waals surface area contributed by atoms with Gasteiger partial charge >= 0.3 is 0 Å². The number of hydrogen-bond acceptors (Lipinski definition) is 3. The number of pyridine rings is 1. The van der Waals surface area contributed by atoms with E-state index < -0.39 is 5.41 Å². The third-order valence-corrected chi connectivity index (χ3v) is 11.7. The first kappa shape index (κ1) is 31.5. The molecule has 2 aliphatic carbocycles. The molecule has 0 N–H and O–H groups in total. The van der Waals surface area contributed by atoms with Crippen LogP contribution in [0.4, 0.5) is 17.1 Å². The van der Waals surface area contributed by atoms with Crippen LogP contribution in [-0.4, -0.2) is 4.98 Å². The molecule has 7 aromatic carbocycles. The maximum atomic E-state index is 6.91. The number of allylic oxidation sites excluding steroid dienone is 4. The molecule has 3 nitrogen and oxygen atoms in total. The minimum Gasteiger partial charge on any atom is -0.454 e. The summed E-state index contributed by atoms with van der Waals surface area (Å²) in [4.78, 5) is 7.32. The summed E-state index contributed by atoms with van der Waals surface area (Å²) in [5.74, 6) is 0. The number of aromatic nitrogens is 1. The van der Waals surface area contributed by atoms with E-state index in [0.29, 0.717) is 0 Å². The van der Waals surface area contributed by atoms with Gasteiger partial charge in [0.15, 0.2) is 5.58 Å². The highest BCUT2D eigenvalue weighted by Gasteiger charge is 2.47. The average molecular weight is 705 g/mol. The van der Waals surface area contributed by atoms with Gasteiger partial charge in [0.2, 0.25) is 0 Å². The molecule has 2 heterocycles. The molecular weight excluding hydrogens is 669 g/mol. The fourth-order valence-corrected chi connectivity index (χ4v) is 9.40. The van der Waals surface area contributed by atoms with E-state index in [1.165, 1.54) is 38.8 Å². The van der Waals surface area contributed by atoms with E-state index in [1.54, 1.807) is 0 Å². The van der Waals surface area contributed by atoms with E-state index in [1.807, 2.05) is 12.4 Å². The minimum absolute atomic E-state index is 0.457. The van der Waals surface area contributed by atoms with Crippen LogP contribution >= 0.6 is 0 Å². The van der Waals surface area contributed by atoms with Crippen LogP contribution in [-0.2, 0) is 5.41 Å². The molecule has 1 unspecified atom stereocenters. The summed E-state index contributed by atoms with van der Waals surface area (Å²) in [5.41, 5.74) is 14.3. The van der Waals surface area contributed by atoms with E-state index in [0.717, 1.165) is 68.4 Å². The zero-order chi connectivity index (χ0) is 36.3. The highest BCUT2D eigenvalue weighted by molar-refractivity contribution is 6.20. The second-order valence-corrected chi connectivity index (χ2v) is 14.6. The Labute approximate surface area is 320 Å². The molecule has 0 saturated heterocycles. The first-order valence-corrected chi connectivity index (χ1v) is 19.1. The quantitative estimate of drug-likeness (QED) is 0.173. The fraction of sp³-hybridized carbons (Fsp3) is 0.0577. The van der Waals surface area contributed by atoms with Gasteiger partial charge in [-0.25, -0.2) is 0 Å². The Balaban J connectivity index is 1.23. The Morgan fingerprint density at radius 3 is 2.18 bits per heavy atom. The molecule has 0 saturated carbocycles. The summed E-state index contributed by atoms with van der Waals surface area (Å²) in [5, 5.41) is 4.42. The smallest absolute Gasteiger partial charge is 0.162 e. The minimum atomic E-state index is -0.457. The number of para-hydroxylation sites is 1. The summed E-state index contributed by atoms with van der Waals surface area (Å²) in [6, 6.07) is 59.3. The van der Waals surface area contributed by atoms with Gasteiger partial charge in [0.1, 0.15) is 11.3 Å². The molecule has 260 valence electrons. The number of furan rings is 1. The Hall–Kier alpha value is -6.97. The van der Waals surface area contributed by atoms with Crippen molar-refractivity contribution in [2.45, 2.75) is 18.3 Å². The number of fused-ring (bicyclic) bond motifs is 8. The average Bonchev–Trinajstić information content (AvgIpc) is 3.80. The Morgan fingerprint density at radius 2 is 1.33 bits per heavy atom. The topological polar surface area (TPSA) is 29.3 Å². The molecule has 55 heavy (non-hydrogen) atoms. The van der Waals surface area contributed by atoms with E-state index in [-0.39, 0.29) is 0 Å². The largest absolute Gasteiger partial charge is 0.454 e. The van der Waals surface area contributed by atoms with Crippen molar-refractivity contribution < 1.29 is 4.42 Å². The third kappa shape index (κ3) is 4.73. The molecule has 0 radical (unpaired) electrons. The summed E-state index contributed by atoms with van der Waals surface area (Å²) in [6.45, 7) is 0. The summed E-state index contributed by atoms with van der Waals surface area (Å²) >= 11 is 0. The van der Waals surface area contributed by atoms with Crippen LogP contribution < -0.4 is 4.90 Å². The summed E-state index contributed by atoms with van der Waals surface area (Å²) in [7, 11) is 0. The second-order valence-electron chi connectivity index (χ2n) is 14.6. The second kappa shape index (κ2) is 12.6. The van der Waals surface area contributed by atoms with Crippen LogP contribution in [0.25, 0.3) is 55.0 Å². The van der Waals surface area contributed by atoms with Crippen LogP contribution in [0.15, 0.2) is 204 Å². The highest BCUT2D eigenvalue weighted by atomic mass is 16.3. The van der Waals surface area contributed by atoms with Crippen molar-refractivity contribution in [2.75, 3.05) is 4.90 Å². The normalized spacial score (nSPS) is 16.0. The first-order chi connectivity index (χ1) is 27.3. The Bertz CT molecular complexity index is 2990. The molecule has 11 rings (SSSR count). The number of rotatable bonds is 6. The molecule has 0 aliphatic heterocycles. The van der Waals surface area contributed by atoms with Crippen molar-refractivity contribution in [1.82, 2.24) is 4.98 Å². The SMILES string of the molecule is C1=CCCC(C2(c3ccccc3)c3ccccc3-c3ccc(N(c4ccccc4-c4ccccc4)c4cncc5c4oc4ccc6ccccc6c45)cc32)=C1. The lowest BCUT2D eigenvalue weighted by atomic mass is 9.65. The van der Waals surface area contributed by atoms with Gasteiger partial charge in [-0.2, -0.15) is 0 Å². The zero-order valence-electron chi connectivity index (χ0n) is 30.2. The Kier molecular flexibility index (Phi) is 7.21. The van der Waals surface area contributed by atoms with Gasteiger partial charge < -0.3 is 9.32 Å². The predicted octanol–water partition coefficient (Wildman–Crippen LogP) is 13.9. The number of anilines is 3. The van der Waals surface area contributed by atoms with Gasteiger partial charge in [0.05, 0.1) is 17.3 Å². The molecule has 0 spiro atoms. The zero-order valence-corrected chi connectivity index (χ0v) is 30.2. The molecule has 0 fully saturated rings. The molecule has 0 amide bonds. The standard InChI is InChI=1S/C52H36N2O/c1-4-16-35(17-5-1)40-23-13-15-27-47(40)54(48-34-53-33-44-50-41-24-11-10-18-36(41)28-31-49(50)55-51(44)48)39-29-30-43-42-25-12-14-26-45(42)52(46(43)32-39,37-19-6-2-7-20-37)38-21-8-3-9-22-38/h1-8,10-21,23-34H,9,22H2. The summed E-state index contributed by atoms with van der Waals surface area (Å²) < 4.78 is 6.91. The van der Waals surface area contributed by atoms with Crippen LogP contribution in [0.1, 0.15) is 29.5 Å². The monoisotopic (exact) mass is 704 g/mol. The van der Waals surface area contributed by atoms with Crippen LogP contribution in [0.2, 0.25) is 0 Å². The van der Waals surface area contributed by atoms with Gasteiger partial charge in [-0.1, -0.05) is 163 Å². The van der Waals surface area contributed by atoms with Crippen molar-refractivity contribution in [3.8, 4) is 22.3 Å². The van der Waals surface area contributed by atoms with Crippen molar-refractivity contribution in [3.63, 3.8) is 0 Å². The maximum absolute atomic E-state index is 6.91. The molecule has 9 aromatic rings. The predicted molar refractivity (Wildman–Crippen MR) is 227 cm³/mol. The highest BCUT2D eigenvalue weighted by Crippen LogP contribution is 2.59. The van der Waals surface area contributed by atoms with Crippen molar-refractivity contribution in [3.05, 3.63) is 217 Å². The third-order valence-electron chi connectivity index (χ3n) is 11.7. The molecule has 2 aliphatic rings. The van der Waals surface area contributed by atoms with Crippen molar-refractivity contribution in [2.24, 2.45) is 0 Å². The number of hydrogen-bond donors (Lipinski definition) is 0. The summed E-state index contributed by atoms with van der Waals surface area (Å²) in [6.07, 6.45) is 12.8. The number of benzene rings is 7. The van der Waals surface area contributed by atoms with E-state index in [4.69, 9.17) is 9.40 Å². The van der Waals surface area contributed by atoms with E-state index in [9.17, 15) is 0 Å². The molecule has 3 heteroatoms. The van der Waals surface area contributed by atoms with Gasteiger partial charge in [-0.3, -0.25) is 4.98 Å². The van der Waals surface area contributed by atoms with Gasteiger partial charge in [0, 0.05) is 28.2 Å². The van der Waals surface area contributed by atoms with Crippen LogP contribution in [0, 0.1) is 0 Å². The lowest BCUT2D eigenvalue weighted by Crippen LogP contribution is -2.30. The molecule has 1 atom stereocenters. The molecule has 0 bridgehead atoms. The molecular formula is C52H36N2O. The van der Waals surface area contributed by atoms with Crippen molar-refractivity contribution in [1.29, 1.82) is 0 Å². The first-order valence-electron chi connectivity index (χ1n) is 19.1. The van der Waals surface area contributed by atoms with Crippen LogP contribution in [0.3, 0.4) is 0 Å². The van der Waals surface area contributed by atoms with Crippen molar-refractivity contribution >= 4 is 49.8 Å².